The molecule has 0 saturated carbocycles. The van der Waals surface area contributed by atoms with Crippen molar-refractivity contribution >= 4 is 6.09 Å². The molecule has 0 aliphatic heterocycles. The molecule has 1 aromatic carbocycles. The van der Waals surface area contributed by atoms with Crippen LogP contribution in [0.5, 0.6) is 5.75 Å². The van der Waals surface area contributed by atoms with E-state index in [2.05, 4.69) is 6.58 Å². The Labute approximate surface area is 133 Å². The van der Waals surface area contributed by atoms with Crippen LogP contribution in [0, 0.1) is 0 Å². The summed E-state index contributed by atoms with van der Waals surface area (Å²) in [6, 6.07) is 7.94. The van der Waals surface area contributed by atoms with E-state index in [1.54, 1.807) is 11.0 Å². The minimum Gasteiger partial charge on any atom is -0.494 e. The molecule has 0 atom stereocenters. The topological polar surface area (TPSA) is 38.8 Å². The van der Waals surface area contributed by atoms with Crippen LogP contribution in [0.1, 0.15) is 33.3 Å². The third-order valence-corrected chi connectivity index (χ3v) is 2.91. The number of hydrogen-bond acceptors (Lipinski definition) is 3. The fourth-order valence-electron chi connectivity index (χ4n) is 1.92. The zero-order valence-corrected chi connectivity index (χ0v) is 14.1. The molecule has 0 bridgehead atoms. The first-order valence-corrected chi connectivity index (χ1v) is 7.66. The second kappa shape index (κ2) is 8.47. The van der Waals surface area contributed by atoms with Gasteiger partial charge in [0.15, 0.2) is 0 Å². The Morgan fingerprint density at radius 2 is 1.91 bits per heavy atom. The smallest absolute Gasteiger partial charge is 0.410 e. The van der Waals surface area contributed by atoms with Crippen molar-refractivity contribution in [3.05, 3.63) is 42.5 Å². The second-order valence-electron chi connectivity index (χ2n) is 6.04. The normalized spacial score (nSPS) is 10.9. The Morgan fingerprint density at radius 3 is 2.41 bits per heavy atom. The SMILES string of the molecule is C=CCN(CCc1ccc(OCC)cc1)C(=O)OC(C)(C)C. The van der Waals surface area contributed by atoms with Crippen molar-refractivity contribution in [3.8, 4) is 5.75 Å². The van der Waals surface area contributed by atoms with Crippen LogP contribution in [-0.4, -0.2) is 36.3 Å². The molecule has 0 radical (unpaired) electrons. The average Bonchev–Trinajstić information content (AvgIpc) is 2.43. The van der Waals surface area contributed by atoms with Gasteiger partial charge in [0, 0.05) is 13.1 Å². The molecule has 4 heteroatoms. The Morgan fingerprint density at radius 1 is 1.27 bits per heavy atom. The largest absolute Gasteiger partial charge is 0.494 e. The van der Waals surface area contributed by atoms with Gasteiger partial charge in [-0.05, 0) is 51.8 Å². The Balaban J connectivity index is 2.60. The fraction of sp³-hybridized carbons (Fsp3) is 0.500. The van der Waals surface area contributed by atoms with Crippen LogP contribution < -0.4 is 4.74 Å². The van der Waals surface area contributed by atoms with Crippen molar-refractivity contribution in [3.63, 3.8) is 0 Å². The van der Waals surface area contributed by atoms with E-state index in [1.165, 1.54) is 0 Å². The Hall–Kier alpha value is -1.97. The first-order valence-electron chi connectivity index (χ1n) is 7.66. The summed E-state index contributed by atoms with van der Waals surface area (Å²) in [7, 11) is 0. The van der Waals surface area contributed by atoms with Crippen molar-refractivity contribution in [1.29, 1.82) is 0 Å². The lowest BCUT2D eigenvalue weighted by atomic mass is 10.1. The molecule has 0 fully saturated rings. The van der Waals surface area contributed by atoms with Crippen molar-refractivity contribution < 1.29 is 14.3 Å². The van der Waals surface area contributed by atoms with Crippen molar-refractivity contribution in [2.75, 3.05) is 19.7 Å². The standard InChI is InChI=1S/C18H27NO3/c1-6-13-19(17(20)22-18(3,4)5)14-12-15-8-10-16(11-9-15)21-7-2/h6,8-11H,1,7,12-14H2,2-5H3. The third kappa shape index (κ3) is 6.66. The number of carbonyl (C=O) groups excluding carboxylic acids is 1. The van der Waals surface area contributed by atoms with E-state index >= 15 is 0 Å². The number of ether oxygens (including phenoxy) is 2. The van der Waals surface area contributed by atoms with E-state index in [4.69, 9.17) is 9.47 Å². The van der Waals surface area contributed by atoms with Crippen molar-refractivity contribution in [1.82, 2.24) is 4.90 Å². The minimum atomic E-state index is -0.490. The van der Waals surface area contributed by atoms with Crippen LogP contribution in [-0.2, 0) is 11.2 Å². The number of benzene rings is 1. The van der Waals surface area contributed by atoms with Crippen LogP contribution in [0.25, 0.3) is 0 Å². The van der Waals surface area contributed by atoms with E-state index < -0.39 is 5.60 Å². The molecule has 22 heavy (non-hydrogen) atoms. The quantitative estimate of drug-likeness (QED) is 0.713. The lowest BCUT2D eigenvalue weighted by Gasteiger charge is -2.26. The average molecular weight is 305 g/mol. The van der Waals surface area contributed by atoms with Crippen LogP contribution in [0.3, 0.4) is 0 Å². The summed E-state index contributed by atoms with van der Waals surface area (Å²) in [6.45, 7) is 13.0. The maximum atomic E-state index is 12.1. The highest BCUT2D eigenvalue weighted by atomic mass is 16.6. The van der Waals surface area contributed by atoms with Crippen LogP contribution in [0.15, 0.2) is 36.9 Å². The predicted octanol–water partition coefficient (Wildman–Crippen LogP) is 4.05. The number of nitrogens with zero attached hydrogens (tertiary/aromatic N) is 1. The highest BCUT2D eigenvalue weighted by molar-refractivity contribution is 5.68. The van der Waals surface area contributed by atoms with E-state index in [0.717, 1.165) is 17.7 Å². The van der Waals surface area contributed by atoms with Gasteiger partial charge in [0.25, 0.3) is 0 Å². The lowest BCUT2D eigenvalue weighted by Crippen LogP contribution is -2.38. The van der Waals surface area contributed by atoms with Crippen LogP contribution in [0.2, 0.25) is 0 Å². The summed E-state index contributed by atoms with van der Waals surface area (Å²) in [5.74, 6) is 0.862. The third-order valence-electron chi connectivity index (χ3n) is 2.91. The molecule has 0 saturated heterocycles. The zero-order valence-electron chi connectivity index (χ0n) is 14.1. The van der Waals surface area contributed by atoms with Crippen molar-refractivity contribution in [2.24, 2.45) is 0 Å². The predicted molar refractivity (Wildman–Crippen MR) is 89.3 cm³/mol. The summed E-state index contributed by atoms with van der Waals surface area (Å²) < 4.78 is 10.8. The van der Waals surface area contributed by atoms with E-state index in [-0.39, 0.29) is 6.09 Å². The lowest BCUT2D eigenvalue weighted by molar-refractivity contribution is 0.0274. The van der Waals surface area contributed by atoms with E-state index in [1.807, 2.05) is 52.0 Å². The summed E-state index contributed by atoms with van der Waals surface area (Å²) in [4.78, 5) is 13.8. The molecule has 4 nitrogen and oxygen atoms in total. The summed E-state index contributed by atoms with van der Waals surface area (Å²) in [5.41, 5.74) is 0.663. The molecule has 0 heterocycles. The highest BCUT2D eigenvalue weighted by Crippen LogP contribution is 2.14. The second-order valence-corrected chi connectivity index (χ2v) is 6.04. The van der Waals surface area contributed by atoms with Gasteiger partial charge in [-0.2, -0.15) is 0 Å². The molecule has 1 amide bonds. The van der Waals surface area contributed by atoms with Gasteiger partial charge in [-0.25, -0.2) is 4.79 Å². The zero-order chi connectivity index (χ0) is 16.6. The summed E-state index contributed by atoms with van der Waals surface area (Å²) in [5, 5.41) is 0. The molecule has 0 aromatic heterocycles. The Bertz CT molecular complexity index is 474. The van der Waals surface area contributed by atoms with E-state index in [9.17, 15) is 4.79 Å². The molecule has 0 aliphatic rings. The molecule has 0 aliphatic carbocycles. The molecule has 1 aromatic rings. The van der Waals surface area contributed by atoms with E-state index in [0.29, 0.717) is 19.7 Å². The molecule has 0 N–H and O–H groups in total. The van der Waals surface area contributed by atoms with Crippen LogP contribution in [0.4, 0.5) is 4.79 Å². The highest BCUT2D eigenvalue weighted by Gasteiger charge is 2.21. The van der Waals surface area contributed by atoms with Gasteiger partial charge in [0.05, 0.1) is 6.61 Å². The summed E-state index contributed by atoms with van der Waals surface area (Å²) in [6.07, 6.45) is 2.17. The molecule has 0 unspecified atom stereocenters. The first kappa shape index (κ1) is 18.1. The molecular weight excluding hydrogens is 278 g/mol. The van der Waals surface area contributed by atoms with Gasteiger partial charge in [0.2, 0.25) is 0 Å². The molecule has 122 valence electrons. The van der Waals surface area contributed by atoms with Gasteiger partial charge in [-0.15, -0.1) is 6.58 Å². The van der Waals surface area contributed by atoms with Gasteiger partial charge in [-0.1, -0.05) is 18.2 Å². The maximum Gasteiger partial charge on any atom is 0.410 e. The van der Waals surface area contributed by atoms with Gasteiger partial charge in [-0.3, -0.25) is 0 Å². The number of amides is 1. The maximum absolute atomic E-state index is 12.1. The van der Waals surface area contributed by atoms with Gasteiger partial charge >= 0.3 is 6.09 Å². The molecular formula is C18H27NO3. The van der Waals surface area contributed by atoms with Crippen LogP contribution >= 0.6 is 0 Å². The number of carbonyl (C=O) groups is 1. The first-order chi connectivity index (χ1) is 10.4. The summed E-state index contributed by atoms with van der Waals surface area (Å²) >= 11 is 0. The molecule has 1 rings (SSSR count). The van der Waals surface area contributed by atoms with Gasteiger partial charge in [0.1, 0.15) is 11.4 Å². The minimum absolute atomic E-state index is 0.307. The van der Waals surface area contributed by atoms with Gasteiger partial charge < -0.3 is 14.4 Å². The Kier molecular flexibility index (Phi) is 6.96. The van der Waals surface area contributed by atoms with Crippen molar-refractivity contribution in [2.45, 2.75) is 39.7 Å². The fourth-order valence-corrected chi connectivity index (χ4v) is 1.92. The number of rotatable bonds is 7. The monoisotopic (exact) mass is 305 g/mol. The number of hydrogen-bond donors (Lipinski definition) is 0. The molecule has 0 spiro atoms.